The van der Waals surface area contributed by atoms with Gasteiger partial charge in [-0.2, -0.15) is 10.5 Å². The number of Topliss-reactive ketones (excluding diaryl/α,β-unsaturated/α-hetero) is 1. The van der Waals surface area contributed by atoms with E-state index in [1.54, 1.807) is 31.1 Å². The fourth-order valence-electron chi connectivity index (χ4n) is 2.57. The first-order valence-electron chi connectivity index (χ1n) is 8.33. The van der Waals surface area contributed by atoms with Gasteiger partial charge in [-0.3, -0.25) is 14.9 Å². The van der Waals surface area contributed by atoms with Crippen LogP contribution in [0.3, 0.4) is 0 Å². The summed E-state index contributed by atoms with van der Waals surface area (Å²) in [5, 5.41) is 31.8. The van der Waals surface area contributed by atoms with E-state index >= 15 is 0 Å². The summed E-state index contributed by atoms with van der Waals surface area (Å²) >= 11 is 0. The Balaban J connectivity index is 2.29. The molecule has 0 aromatic heterocycles. The van der Waals surface area contributed by atoms with Crippen molar-refractivity contribution in [3.8, 4) is 12.1 Å². The molecule has 0 aliphatic carbocycles. The monoisotopic (exact) mass is 391 g/mol. The van der Waals surface area contributed by atoms with Gasteiger partial charge in [-0.15, -0.1) is 0 Å². The summed E-state index contributed by atoms with van der Waals surface area (Å²) < 4.78 is 0. The molecule has 146 valence electrons. The van der Waals surface area contributed by atoms with E-state index in [1.807, 2.05) is 12.1 Å². The zero-order chi connectivity index (χ0) is 21.6. The Kier molecular flexibility index (Phi) is 6.51. The van der Waals surface area contributed by atoms with Gasteiger partial charge in [0, 0.05) is 19.7 Å². The van der Waals surface area contributed by atoms with Crippen LogP contribution in [0.5, 0.6) is 0 Å². The second-order valence-electron chi connectivity index (χ2n) is 6.19. The van der Waals surface area contributed by atoms with Gasteiger partial charge in [0.05, 0.1) is 40.7 Å². The maximum atomic E-state index is 12.4. The van der Waals surface area contributed by atoms with Crippen molar-refractivity contribution >= 4 is 34.8 Å². The molecule has 0 radical (unpaired) electrons. The van der Waals surface area contributed by atoms with Crippen LogP contribution in [0.2, 0.25) is 0 Å². The van der Waals surface area contributed by atoms with Gasteiger partial charge in [-0.1, -0.05) is 12.1 Å². The molecule has 9 heteroatoms. The minimum Gasteiger partial charge on any atom is -0.465 e. The minimum atomic E-state index is -1.37. The van der Waals surface area contributed by atoms with Crippen LogP contribution in [0.1, 0.15) is 27.9 Å². The molecule has 0 heterocycles. The average Bonchev–Trinajstić information content (AvgIpc) is 2.68. The molecule has 0 saturated carbocycles. The third kappa shape index (κ3) is 5.31. The lowest BCUT2D eigenvalue weighted by molar-refractivity contribution is -0.115. The number of nitriles is 2. The molecule has 0 fully saturated rings. The van der Waals surface area contributed by atoms with E-state index < -0.39 is 24.2 Å². The summed E-state index contributed by atoms with van der Waals surface area (Å²) in [7, 11) is 3.38. The van der Waals surface area contributed by atoms with Gasteiger partial charge in [-0.25, -0.2) is 4.79 Å². The summed E-state index contributed by atoms with van der Waals surface area (Å²) in [5.74, 6) is -1.16. The molecule has 0 spiro atoms. The van der Waals surface area contributed by atoms with Crippen LogP contribution < -0.4 is 15.5 Å². The van der Waals surface area contributed by atoms with Crippen molar-refractivity contribution in [3.05, 3.63) is 53.1 Å². The fraction of sp³-hybridized carbons (Fsp3) is 0.150. The van der Waals surface area contributed by atoms with Crippen LogP contribution in [0.4, 0.5) is 21.9 Å². The van der Waals surface area contributed by atoms with Crippen LogP contribution >= 0.6 is 0 Å². The standard InChI is InChI=1S/C20H17N5O4/c1-25(2)17-8-16(15(24-20(28)29)7-14(17)11-22)23-19(27)9-18(26)13-5-3-4-12(6-13)10-21/h3-8,24H,9H2,1-2H3,(H,23,27)(H,28,29). The van der Waals surface area contributed by atoms with Gasteiger partial charge in [0.2, 0.25) is 5.91 Å². The number of carbonyl (C=O) groups is 3. The zero-order valence-electron chi connectivity index (χ0n) is 15.7. The summed E-state index contributed by atoms with van der Waals surface area (Å²) in [5.41, 5.74) is 1.31. The number of anilines is 3. The molecule has 0 unspecified atom stereocenters. The predicted octanol–water partition coefficient (Wildman–Crippen LogP) is 2.80. The second-order valence-corrected chi connectivity index (χ2v) is 6.19. The third-order valence-corrected chi connectivity index (χ3v) is 3.89. The third-order valence-electron chi connectivity index (χ3n) is 3.89. The molecule has 0 bridgehead atoms. The number of benzene rings is 2. The van der Waals surface area contributed by atoms with Crippen LogP contribution in [0.15, 0.2) is 36.4 Å². The molecule has 0 atom stereocenters. The number of ketones is 1. The minimum absolute atomic E-state index is 0.00641. The normalized spacial score (nSPS) is 9.66. The number of hydrogen-bond acceptors (Lipinski definition) is 6. The number of nitrogens with zero attached hydrogens (tertiary/aromatic N) is 3. The summed E-state index contributed by atoms with van der Waals surface area (Å²) in [4.78, 5) is 37.4. The molecule has 2 rings (SSSR count). The molecular weight excluding hydrogens is 374 g/mol. The van der Waals surface area contributed by atoms with Crippen molar-refractivity contribution in [2.75, 3.05) is 29.6 Å². The van der Waals surface area contributed by atoms with Crippen molar-refractivity contribution in [1.29, 1.82) is 10.5 Å². The smallest absolute Gasteiger partial charge is 0.409 e. The molecule has 29 heavy (non-hydrogen) atoms. The predicted molar refractivity (Wildman–Crippen MR) is 106 cm³/mol. The summed E-state index contributed by atoms with van der Waals surface area (Å²) in [6.45, 7) is 0. The Hall–Kier alpha value is -4.37. The topological polar surface area (TPSA) is 146 Å². The maximum absolute atomic E-state index is 12.4. The van der Waals surface area contributed by atoms with Gasteiger partial charge in [0.25, 0.3) is 0 Å². The van der Waals surface area contributed by atoms with Gasteiger partial charge >= 0.3 is 6.09 Å². The largest absolute Gasteiger partial charge is 0.465 e. The quantitative estimate of drug-likeness (QED) is 0.507. The number of amides is 2. The highest BCUT2D eigenvalue weighted by Gasteiger charge is 2.17. The van der Waals surface area contributed by atoms with Crippen LogP contribution in [-0.4, -0.2) is 37.0 Å². The first-order valence-corrected chi connectivity index (χ1v) is 8.33. The van der Waals surface area contributed by atoms with Crippen molar-refractivity contribution in [2.24, 2.45) is 0 Å². The Morgan fingerprint density at radius 3 is 2.31 bits per heavy atom. The Morgan fingerprint density at radius 1 is 1.03 bits per heavy atom. The highest BCUT2D eigenvalue weighted by atomic mass is 16.4. The van der Waals surface area contributed by atoms with E-state index in [1.165, 1.54) is 24.3 Å². The fourth-order valence-corrected chi connectivity index (χ4v) is 2.57. The molecule has 2 amide bonds. The highest BCUT2D eigenvalue weighted by Crippen LogP contribution is 2.31. The number of carboxylic acid groups (broad SMARTS) is 1. The zero-order valence-corrected chi connectivity index (χ0v) is 15.7. The maximum Gasteiger partial charge on any atom is 0.409 e. The second kappa shape index (κ2) is 9.02. The van der Waals surface area contributed by atoms with Crippen molar-refractivity contribution < 1.29 is 19.5 Å². The highest BCUT2D eigenvalue weighted by molar-refractivity contribution is 6.12. The van der Waals surface area contributed by atoms with Gasteiger partial charge < -0.3 is 15.3 Å². The Labute approximate surface area is 166 Å². The molecule has 2 aromatic rings. The number of nitrogens with one attached hydrogen (secondary N) is 2. The van der Waals surface area contributed by atoms with E-state index in [0.717, 1.165) is 0 Å². The Bertz CT molecular complexity index is 1060. The molecular formula is C20H17N5O4. The van der Waals surface area contributed by atoms with E-state index in [0.29, 0.717) is 11.3 Å². The number of hydrogen-bond donors (Lipinski definition) is 3. The summed E-state index contributed by atoms with van der Waals surface area (Å²) in [6.07, 6.45) is -1.87. The molecule has 0 saturated heterocycles. The van der Waals surface area contributed by atoms with Crippen molar-refractivity contribution in [1.82, 2.24) is 0 Å². The lowest BCUT2D eigenvalue weighted by Crippen LogP contribution is -2.20. The molecule has 2 aromatic carbocycles. The Morgan fingerprint density at radius 2 is 1.72 bits per heavy atom. The first-order chi connectivity index (χ1) is 13.7. The van der Waals surface area contributed by atoms with E-state index in [2.05, 4.69) is 10.6 Å². The van der Waals surface area contributed by atoms with Gasteiger partial charge in [0.15, 0.2) is 5.78 Å². The van der Waals surface area contributed by atoms with Crippen molar-refractivity contribution in [3.63, 3.8) is 0 Å². The van der Waals surface area contributed by atoms with Crippen LogP contribution in [-0.2, 0) is 4.79 Å². The number of carbonyl (C=O) groups excluding carboxylic acids is 2. The molecule has 0 aliphatic heterocycles. The van der Waals surface area contributed by atoms with Gasteiger partial charge in [-0.05, 0) is 24.3 Å². The van der Waals surface area contributed by atoms with E-state index in [4.69, 9.17) is 10.4 Å². The SMILES string of the molecule is CN(C)c1cc(NC(=O)CC(=O)c2cccc(C#N)c2)c(NC(=O)O)cc1C#N. The van der Waals surface area contributed by atoms with E-state index in [9.17, 15) is 19.6 Å². The molecule has 3 N–H and O–H groups in total. The molecule has 0 aliphatic rings. The van der Waals surface area contributed by atoms with Crippen molar-refractivity contribution in [2.45, 2.75) is 6.42 Å². The lowest BCUT2D eigenvalue weighted by atomic mass is 10.1. The number of rotatable bonds is 6. The average molecular weight is 391 g/mol. The van der Waals surface area contributed by atoms with Crippen LogP contribution in [0, 0.1) is 22.7 Å². The van der Waals surface area contributed by atoms with Crippen LogP contribution in [0.25, 0.3) is 0 Å². The first kappa shape index (κ1) is 20.9. The lowest BCUT2D eigenvalue weighted by Gasteiger charge is -2.19. The summed E-state index contributed by atoms with van der Waals surface area (Å²) in [6, 6.07) is 12.6. The molecule has 9 nitrogen and oxygen atoms in total. The van der Waals surface area contributed by atoms with E-state index in [-0.39, 0.29) is 22.5 Å². The van der Waals surface area contributed by atoms with Gasteiger partial charge in [0.1, 0.15) is 6.07 Å².